The van der Waals surface area contributed by atoms with E-state index in [4.69, 9.17) is 4.42 Å². The molecule has 0 bridgehead atoms. The Morgan fingerprint density at radius 3 is 2.67 bits per heavy atom. The number of nitrogens with zero attached hydrogens (tertiary/aromatic N) is 1. The average molecular weight is 247 g/mol. The van der Waals surface area contributed by atoms with Crippen molar-refractivity contribution >= 4 is 10.9 Å². The zero-order valence-electron chi connectivity index (χ0n) is 10.9. The van der Waals surface area contributed by atoms with E-state index in [-0.39, 0.29) is 0 Å². The predicted octanol–water partition coefficient (Wildman–Crippen LogP) is 2.31. The molecule has 0 aliphatic carbocycles. The van der Waals surface area contributed by atoms with Crippen LogP contribution >= 0.6 is 0 Å². The molecule has 1 aromatic heterocycles. The van der Waals surface area contributed by atoms with Crippen molar-refractivity contribution in [3.63, 3.8) is 0 Å². The Morgan fingerprint density at radius 2 is 2.00 bits per heavy atom. The van der Waals surface area contributed by atoms with Gasteiger partial charge >= 0.3 is 11.4 Å². The van der Waals surface area contributed by atoms with Gasteiger partial charge in [0, 0.05) is 6.54 Å². The molecule has 2 aromatic rings. The molecular weight excluding hydrogens is 230 g/mol. The van der Waals surface area contributed by atoms with Crippen LogP contribution in [0, 0.1) is 12.8 Å². The van der Waals surface area contributed by atoms with E-state index < -0.39 is 11.4 Å². The molecular formula is C14H17NO3. The van der Waals surface area contributed by atoms with Crippen LogP contribution in [0.5, 0.6) is 0 Å². The van der Waals surface area contributed by atoms with Gasteiger partial charge in [0.15, 0.2) is 0 Å². The van der Waals surface area contributed by atoms with Crippen LogP contribution in [0.3, 0.4) is 0 Å². The lowest BCUT2D eigenvalue weighted by Gasteiger charge is -2.10. The zero-order chi connectivity index (χ0) is 13.3. The molecule has 0 aliphatic heterocycles. The fourth-order valence-corrected chi connectivity index (χ4v) is 2.03. The van der Waals surface area contributed by atoms with Crippen molar-refractivity contribution < 1.29 is 4.42 Å². The van der Waals surface area contributed by atoms with Crippen LogP contribution in [0.25, 0.3) is 10.9 Å². The monoisotopic (exact) mass is 247 g/mol. The van der Waals surface area contributed by atoms with Gasteiger partial charge in [-0.2, -0.15) is 0 Å². The summed E-state index contributed by atoms with van der Waals surface area (Å²) in [5.74, 6) is -0.0811. The molecule has 1 heterocycles. The van der Waals surface area contributed by atoms with Crippen molar-refractivity contribution in [2.45, 2.75) is 33.7 Å². The predicted molar refractivity (Wildman–Crippen MR) is 70.9 cm³/mol. The van der Waals surface area contributed by atoms with Crippen molar-refractivity contribution in [1.29, 1.82) is 0 Å². The van der Waals surface area contributed by atoms with Gasteiger partial charge in [0.25, 0.3) is 0 Å². The van der Waals surface area contributed by atoms with Crippen molar-refractivity contribution in [3.8, 4) is 0 Å². The number of hydrogen-bond donors (Lipinski definition) is 0. The lowest BCUT2D eigenvalue weighted by atomic mass is 10.1. The van der Waals surface area contributed by atoms with E-state index in [0.717, 1.165) is 12.0 Å². The van der Waals surface area contributed by atoms with Crippen LogP contribution < -0.4 is 11.4 Å². The number of benzene rings is 1. The molecule has 0 saturated carbocycles. The zero-order valence-corrected chi connectivity index (χ0v) is 10.9. The first-order chi connectivity index (χ1) is 8.50. The lowest BCUT2D eigenvalue weighted by Crippen LogP contribution is -2.26. The van der Waals surface area contributed by atoms with Gasteiger partial charge in [0.1, 0.15) is 0 Å². The Kier molecular flexibility index (Phi) is 3.36. The maximum Gasteiger partial charge on any atom is 0.422 e. The summed E-state index contributed by atoms with van der Waals surface area (Å²) >= 11 is 0. The van der Waals surface area contributed by atoms with Crippen molar-refractivity contribution in [3.05, 3.63) is 44.7 Å². The Bertz CT molecular complexity index is 679. The molecule has 0 N–H and O–H groups in total. The number of hydrogen-bond acceptors (Lipinski definition) is 3. The van der Waals surface area contributed by atoms with E-state index in [0.29, 0.717) is 23.4 Å². The van der Waals surface area contributed by atoms with Crippen molar-refractivity contribution in [2.75, 3.05) is 0 Å². The second-order valence-electron chi connectivity index (χ2n) is 4.96. The number of aryl methyl sites for hydroxylation is 2. The maximum atomic E-state index is 11.8. The van der Waals surface area contributed by atoms with Gasteiger partial charge in [-0.15, -0.1) is 0 Å². The van der Waals surface area contributed by atoms with Gasteiger partial charge in [-0.05, 0) is 30.9 Å². The highest BCUT2D eigenvalue weighted by Crippen LogP contribution is 2.14. The summed E-state index contributed by atoms with van der Waals surface area (Å²) in [6, 6.07) is 5.49. The third-order valence-electron chi connectivity index (χ3n) is 3.08. The third kappa shape index (κ3) is 2.23. The Balaban J connectivity index is 2.69. The maximum absolute atomic E-state index is 11.8. The molecule has 0 unspecified atom stereocenters. The first-order valence-electron chi connectivity index (χ1n) is 6.14. The summed E-state index contributed by atoms with van der Waals surface area (Å²) in [4.78, 5) is 23.5. The summed E-state index contributed by atoms with van der Waals surface area (Å²) in [7, 11) is 0. The van der Waals surface area contributed by atoms with E-state index in [9.17, 15) is 9.59 Å². The molecule has 96 valence electrons. The minimum Gasteiger partial charge on any atom is -0.372 e. The summed E-state index contributed by atoms with van der Waals surface area (Å²) in [6.45, 7) is 6.60. The van der Waals surface area contributed by atoms with Crippen LogP contribution in [0.1, 0.15) is 25.8 Å². The summed E-state index contributed by atoms with van der Waals surface area (Å²) in [5, 5.41) is 0.501. The second-order valence-corrected chi connectivity index (χ2v) is 4.96. The lowest BCUT2D eigenvalue weighted by molar-refractivity contribution is 0.399. The molecule has 0 aliphatic rings. The Labute approximate surface area is 105 Å². The highest BCUT2D eigenvalue weighted by Gasteiger charge is 2.11. The standard InChI is InChI=1S/C14H17NO3/c1-9(2)7-8-15-11-6-4-5-10(3)12(11)13(16)18-14(15)17/h4-6,9H,7-8H2,1-3H3. The SMILES string of the molecule is Cc1cccc2c1c(=O)oc(=O)n2CCC(C)C. The van der Waals surface area contributed by atoms with Crippen LogP contribution in [0.15, 0.2) is 32.2 Å². The number of rotatable bonds is 3. The summed E-state index contributed by atoms with van der Waals surface area (Å²) < 4.78 is 6.33. The number of fused-ring (bicyclic) bond motifs is 1. The van der Waals surface area contributed by atoms with E-state index in [1.54, 1.807) is 10.6 Å². The molecule has 0 atom stereocenters. The molecule has 0 spiro atoms. The molecule has 2 rings (SSSR count). The Morgan fingerprint density at radius 1 is 1.28 bits per heavy atom. The van der Waals surface area contributed by atoms with E-state index in [1.165, 1.54) is 0 Å². The fraction of sp³-hybridized carbons (Fsp3) is 0.429. The van der Waals surface area contributed by atoms with Crippen LogP contribution in [-0.4, -0.2) is 4.57 Å². The van der Waals surface area contributed by atoms with Crippen molar-refractivity contribution in [1.82, 2.24) is 4.57 Å². The van der Waals surface area contributed by atoms with E-state index in [2.05, 4.69) is 13.8 Å². The van der Waals surface area contributed by atoms with Crippen LogP contribution in [-0.2, 0) is 6.54 Å². The molecule has 18 heavy (non-hydrogen) atoms. The molecule has 1 aromatic carbocycles. The molecule has 0 fully saturated rings. The smallest absolute Gasteiger partial charge is 0.372 e. The Hall–Kier alpha value is -1.84. The van der Waals surface area contributed by atoms with E-state index >= 15 is 0 Å². The first kappa shape index (κ1) is 12.6. The van der Waals surface area contributed by atoms with Crippen LogP contribution in [0.2, 0.25) is 0 Å². The van der Waals surface area contributed by atoms with Gasteiger partial charge in [-0.25, -0.2) is 9.59 Å². The van der Waals surface area contributed by atoms with Gasteiger partial charge in [0.05, 0.1) is 10.9 Å². The van der Waals surface area contributed by atoms with Gasteiger partial charge in [-0.3, -0.25) is 4.57 Å². The second kappa shape index (κ2) is 4.80. The molecule has 4 heteroatoms. The minimum atomic E-state index is -0.571. The largest absolute Gasteiger partial charge is 0.422 e. The quantitative estimate of drug-likeness (QED) is 0.836. The summed E-state index contributed by atoms with van der Waals surface area (Å²) in [6.07, 6.45) is 0.872. The van der Waals surface area contributed by atoms with Gasteiger partial charge < -0.3 is 4.42 Å². The van der Waals surface area contributed by atoms with Gasteiger partial charge in [-0.1, -0.05) is 26.0 Å². The molecule has 0 amide bonds. The normalized spacial score (nSPS) is 11.3. The first-order valence-corrected chi connectivity index (χ1v) is 6.14. The average Bonchev–Trinajstić information content (AvgIpc) is 2.27. The molecule has 4 nitrogen and oxygen atoms in total. The highest BCUT2D eigenvalue weighted by molar-refractivity contribution is 5.80. The highest BCUT2D eigenvalue weighted by atomic mass is 16.4. The van der Waals surface area contributed by atoms with Crippen LogP contribution in [0.4, 0.5) is 0 Å². The van der Waals surface area contributed by atoms with Gasteiger partial charge in [0.2, 0.25) is 0 Å². The topological polar surface area (TPSA) is 52.2 Å². The third-order valence-corrected chi connectivity index (χ3v) is 3.08. The van der Waals surface area contributed by atoms with Crippen molar-refractivity contribution in [2.24, 2.45) is 5.92 Å². The van der Waals surface area contributed by atoms with E-state index in [1.807, 2.05) is 19.1 Å². The fourth-order valence-electron chi connectivity index (χ4n) is 2.03. The molecule has 0 saturated heterocycles. The summed E-state index contributed by atoms with van der Waals surface area (Å²) in [5.41, 5.74) is 0.949. The minimum absolute atomic E-state index is 0.490. The molecule has 0 radical (unpaired) electrons. The number of aromatic nitrogens is 1.